The van der Waals surface area contributed by atoms with Crippen molar-refractivity contribution in [3.63, 3.8) is 0 Å². The van der Waals surface area contributed by atoms with Crippen molar-refractivity contribution in [2.24, 2.45) is 0 Å². The van der Waals surface area contributed by atoms with Gasteiger partial charge in [0.1, 0.15) is 5.03 Å². The SMILES string of the molecule is Cc1cc(C)nc(Sc2ccc(CNC3CC3)cc2Cl)c1. The normalized spacial score (nSPS) is 14.4. The lowest BCUT2D eigenvalue weighted by Gasteiger charge is -2.08. The molecule has 3 rings (SSSR count). The molecule has 2 aromatic rings. The Hall–Kier alpha value is -1.03. The third-order valence-corrected chi connectivity index (χ3v) is 4.88. The first-order valence-corrected chi connectivity index (χ1v) is 8.44. The van der Waals surface area contributed by atoms with E-state index in [-0.39, 0.29) is 0 Å². The maximum atomic E-state index is 6.41. The zero-order chi connectivity index (χ0) is 14.8. The molecule has 0 aliphatic heterocycles. The molecule has 1 fully saturated rings. The lowest BCUT2D eigenvalue weighted by molar-refractivity contribution is 0.687. The van der Waals surface area contributed by atoms with Gasteiger partial charge in [0.2, 0.25) is 0 Å². The minimum Gasteiger partial charge on any atom is -0.310 e. The average Bonchev–Trinajstić information content (AvgIpc) is 3.22. The molecule has 0 spiro atoms. The van der Waals surface area contributed by atoms with Crippen molar-refractivity contribution in [3.05, 3.63) is 52.2 Å². The van der Waals surface area contributed by atoms with Gasteiger partial charge >= 0.3 is 0 Å². The molecule has 1 saturated carbocycles. The molecule has 1 aliphatic rings. The molecule has 0 amide bonds. The molecule has 0 saturated heterocycles. The lowest BCUT2D eigenvalue weighted by Crippen LogP contribution is -2.15. The highest BCUT2D eigenvalue weighted by molar-refractivity contribution is 7.99. The van der Waals surface area contributed by atoms with Crippen LogP contribution < -0.4 is 5.32 Å². The Morgan fingerprint density at radius 3 is 2.71 bits per heavy atom. The van der Waals surface area contributed by atoms with E-state index in [1.807, 2.05) is 6.92 Å². The molecule has 1 N–H and O–H groups in total. The first-order chi connectivity index (χ1) is 10.1. The van der Waals surface area contributed by atoms with Gasteiger partial charge < -0.3 is 5.32 Å². The fraction of sp³-hybridized carbons (Fsp3) is 0.353. The molecule has 21 heavy (non-hydrogen) atoms. The third-order valence-electron chi connectivity index (χ3n) is 3.46. The maximum absolute atomic E-state index is 6.41. The Kier molecular flexibility index (Phi) is 4.53. The van der Waals surface area contributed by atoms with Crippen LogP contribution in [0.1, 0.15) is 29.7 Å². The number of aryl methyl sites for hydroxylation is 2. The highest BCUT2D eigenvalue weighted by atomic mass is 35.5. The van der Waals surface area contributed by atoms with E-state index in [0.29, 0.717) is 0 Å². The van der Waals surface area contributed by atoms with Crippen LogP contribution in [0.25, 0.3) is 0 Å². The smallest absolute Gasteiger partial charge is 0.101 e. The molecule has 1 aromatic carbocycles. The number of hydrogen-bond donors (Lipinski definition) is 1. The Labute approximate surface area is 135 Å². The first kappa shape index (κ1) is 14.9. The van der Waals surface area contributed by atoms with Crippen molar-refractivity contribution in [1.82, 2.24) is 10.3 Å². The highest BCUT2D eigenvalue weighted by Crippen LogP contribution is 2.33. The summed E-state index contributed by atoms with van der Waals surface area (Å²) in [4.78, 5) is 5.61. The van der Waals surface area contributed by atoms with Crippen LogP contribution in [0.15, 0.2) is 40.3 Å². The van der Waals surface area contributed by atoms with Gasteiger partial charge in [0, 0.05) is 23.2 Å². The molecule has 2 nitrogen and oxygen atoms in total. The van der Waals surface area contributed by atoms with E-state index < -0.39 is 0 Å². The first-order valence-electron chi connectivity index (χ1n) is 7.25. The Morgan fingerprint density at radius 1 is 1.24 bits per heavy atom. The predicted octanol–water partition coefficient (Wildman–Crippen LogP) is 4.76. The van der Waals surface area contributed by atoms with Crippen LogP contribution in [-0.4, -0.2) is 11.0 Å². The fourth-order valence-corrected chi connectivity index (χ4v) is 3.53. The quantitative estimate of drug-likeness (QED) is 0.860. The van der Waals surface area contributed by atoms with E-state index in [9.17, 15) is 0 Å². The van der Waals surface area contributed by atoms with E-state index in [4.69, 9.17) is 11.6 Å². The Bertz CT molecular complexity index is 633. The molecule has 0 unspecified atom stereocenters. The number of pyridine rings is 1. The van der Waals surface area contributed by atoms with Crippen LogP contribution in [0.5, 0.6) is 0 Å². The van der Waals surface area contributed by atoms with Crippen LogP contribution in [0, 0.1) is 13.8 Å². The molecule has 110 valence electrons. The molecule has 1 aromatic heterocycles. The van der Waals surface area contributed by atoms with Crippen molar-refractivity contribution in [1.29, 1.82) is 0 Å². The van der Waals surface area contributed by atoms with Crippen LogP contribution in [-0.2, 0) is 6.54 Å². The molecule has 0 bridgehead atoms. The largest absolute Gasteiger partial charge is 0.310 e. The monoisotopic (exact) mass is 318 g/mol. The number of nitrogens with one attached hydrogen (secondary N) is 1. The second kappa shape index (κ2) is 6.39. The van der Waals surface area contributed by atoms with Gasteiger partial charge in [-0.05, 0) is 62.1 Å². The topological polar surface area (TPSA) is 24.9 Å². The number of nitrogens with zero attached hydrogens (tertiary/aromatic N) is 1. The molecular formula is C17H19ClN2S. The maximum Gasteiger partial charge on any atom is 0.101 e. The van der Waals surface area contributed by atoms with Gasteiger partial charge in [0.15, 0.2) is 0 Å². The molecule has 1 heterocycles. The van der Waals surface area contributed by atoms with Crippen molar-refractivity contribution in [2.75, 3.05) is 0 Å². The van der Waals surface area contributed by atoms with E-state index in [1.54, 1.807) is 11.8 Å². The summed E-state index contributed by atoms with van der Waals surface area (Å²) < 4.78 is 0. The third kappa shape index (κ3) is 4.22. The summed E-state index contributed by atoms with van der Waals surface area (Å²) in [5.41, 5.74) is 3.51. The summed E-state index contributed by atoms with van der Waals surface area (Å²) in [6.07, 6.45) is 2.61. The van der Waals surface area contributed by atoms with Gasteiger partial charge in [-0.25, -0.2) is 4.98 Å². The zero-order valence-electron chi connectivity index (χ0n) is 12.3. The van der Waals surface area contributed by atoms with Crippen molar-refractivity contribution >= 4 is 23.4 Å². The van der Waals surface area contributed by atoms with E-state index in [0.717, 1.165) is 33.2 Å². The molecular weight excluding hydrogens is 300 g/mol. The summed E-state index contributed by atoms with van der Waals surface area (Å²) in [5, 5.41) is 5.31. The minimum absolute atomic E-state index is 0.720. The second-order valence-corrected chi connectivity index (χ2v) is 7.12. The van der Waals surface area contributed by atoms with Gasteiger partial charge in [-0.1, -0.05) is 29.4 Å². The molecule has 0 atom stereocenters. The summed E-state index contributed by atoms with van der Waals surface area (Å²) in [5.74, 6) is 0. The Balaban J connectivity index is 1.72. The Morgan fingerprint density at radius 2 is 2.05 bits per heavy atom. The van der Waals surface area contributed by atoms with E-state index in [2.05, 4.69) is 47.6 Å². The van der Waals surface area contributed by atoms with Crippen LogP contribution in [0.2, 0.25) is 5.02 Å². The summed E-state index contributed by atoms with van der Waals surface area (Å²) in [7, 11) is 0. The average molecular weight is 319 g/mol. The van der Waals surface area contributed by atoms with Gasteiger partial charge in [0.05, 0.1) is 5.02 Å². The molecule has 1 aliphatic carbocycles. The minimum atomic E-state index is 0.720. The van der Waals surface area contributed by atoms with E-state index in [1.165, 1.54) is 24.0 Å². The van der Waals surface area contributed by atoms with E-state index >= 15 is 0 Å². The number of rotatable bonds is 5. The van der Waals surface area contributed by atoms with Gasteiger partial charge in [-0.2, -0.15) is 0 Å². The number of aromatic nitrogens is 1. The van der Waals surface area contributed by atoms with Crippen LogP contribution >= 0.6 is 23.4 Å². The summed E-state index contributed by atoms with van der Waals surface area (Å²) >= 11 is 8.04. The molecule has 0 radical (unpaired) electrons. The van der Waals surface area contributed by atoms with Gasteiger partial charge in [-0.15, -0.1) is 0 Å². The summed E-state index contributed by atoms with van der Waals surface area (Å²) in [6, 6.07) is 11.2. The van der Waals surface area contributed by atoms with Crippen LogP contribution in [0.4, 0.5) is 0 Å². The highest BCUT2D eigenvalue weighted by Gasteiger charge is 2.20. The zero-order valence-corrected chi connectivity index (χ0v) is 13.9. The fourth-order valence-electron chi connectivity index (χ4n) is 2.26. The van der Waals surface area contributed by atoms with Crippen molar-refractivity contribution in [3.8, 4) is 0 Å². The summed E-state index contributed by atoms with van der Waals surface area (Å²) in [6.45, 7) is 5.01. The number of halogens is 1. The standard InChI is InChI=1S/C17H19ClN2S/c1-11-7-12(2)20-17(8-11)21-16-6-3-13(9-15(16)18)10-19-14-4-5-14/h3,6-9,14,19H,4-5,10H2,1-2H3. The predicted molar refractivity (Wildman–Crippen MR) is 89.1 cm³/mol. The van der Waals surface area contributed by atoms with Gasteiger partial charge in [0.25, 0.3) is 0 Å². The number of benzene rings is 1. The number of hydrogen-bond acceptors (Lipinski definition) is 3. The van der Waals surface area contributed by atoms with Gasteiger partial charge in [-0.3, -0.25) is 0 Å². The van der Waals surface area contributed by atoms with Crippen LogP contribution in [0.3, 0.4) is 0 Å². The van der Waals surface area contributed by atoms with Crippen molar-refractivity contribution < 1.29 is 0 Å². The van der Waals surface area contributed by atoms with Crippen molar-refractivity contribution in [2.45, 2.75) is 49.2 Å². The second-order valence-electron chi connectivity index (χ2n) is 5.65. The lowest BCUT2D eigenvalue weighted by atomic mass is 10.2. The molecule has 4 heteroatoms.